The van der Waals surface area contributed by atoms with E-state index in [0.717, 1.165) is 111 Å². The summed E-state index contributed by atoms with van der Waals surface area (Å²) in [5.41, 5.74) is 20.2. The Bertz CT molecular complexity index is 5050. The predicted molar refractivity (Wildman–Crippen MR) is 372 cm³/mol. The molecule has 2 aromatic heterocycles. The van der Waals surface area contributed by atoms with Crippen LogP contribution in [0.25, 0.3) is 59.8 Å². The molecular formula is C80H69BN4S. The second kappa shape index (κ2) is 20.1. The van der Waals surface area contributed by atoms with Crippen molar-refractivity contribution in [3.63, 3.8) is 0 Å². The Balaban J connectivity index is 1.07. The lowest BCUT2D eigenvalue weighted by Crippen LogP contribution is -2.60. The summed E-state index contributed by atoms with van der Waals surface area (Å²) in [5, 5.41) is 3.34. The van der Waals surface area contributed by atoms with Gasteiger partial charge in [0, 0.05) is 76.7 Å². The lowest BCUT2D eigenvalue weighted by molar-refractivity contribution is 0.590. The summed E-state index contributed by atoms with van der Waals surface area (Å²) in [7, 11) is 0. The second-order valence-corrected chi connectivity index (χ2v) is 27.3. The molecule has 4 heterocycles. The highest BCUT2D eigenvalue weighted by Crippen LogP contribution is 2.52. The standard InChI is InChI=1S/C80H69BN4S/c1-78(2,3)55-33-38-59(39-34-55)82(68-31-21-19-29-63(68)53-25-15-11-16-26-53)62-42-44-67-71(51-62)84(60-40-35-56(36-41-60)79(4,5)6)72-47-54(52-23-13-10-14-24-52)48-73-75(72)81(67)77-76(66-49-57(80(7,8)9)37-46-74(66)86-77)85(73)61-43-45-70-65(50-61)64-30-20-22-32-69(64)83(70)58-27-17-12-18-28-58/h10-51H,1-9H3/i10D,13D,14D,23D,24D. The number of para-hydroxylation sites is 3. The Morgan fingerprint density at radius 3 is 1.72 bits per heavy atom. The van der Waals surface area contributed by atoms with Crippen LogP contribution in [0.1, 0.15) is 85.9 Å². The molecule has 86 heavy (non-hydrogen) atoms. The monoisotopic (exact) mass is 1130 g/mol. The van der Waals surface area contributed by atoms with Crippen LogP contribution in [0, 0.1) is 0 Å². The lowest BCUT2D eigenvalue weighted by Gasteiger charge is -2.44. The van der Waals surface area contributed by atoms with E-state index in [2.05, 4.69) is 306 Å². The van der Waals surface area contributed by atoms with Crippen molar-refractivity contribution in [3.05, 3.63) is 271 Å². The molecule has 0 aliphatic carbocycles. The van der Waals surface area contributed by atoms with Gasteiger partial charge in [-0.3, -0.25) is 0 Å². The molecule has 0 amide bonds. The van der Waals surface area contributed by atoms with Gasteiger partial charge in [0.15, 0.2) is 0 Å². The molecule has 0 radical (unpaired) electrons. The zero-order valence-electron chi connectivity index (χ0n) is 55.1. The minimum absolute atomic E-state index is 0.0642. The third-order valence-electron chi connectivity index (χ3n) is 17.7. The molecule has 15 rings (SSSR count). The summed E-state index contributed by atoms with van der Waals surface area (Å²) in [5.74, 6) is 0. The molecule has 0 N–H and O–H groups in total. The number of anilines is 9. The molecule has 0 spiro atoms. The van der Waals surface area contributed by atoms with E-state index in [1.807, 2.05) is 11.3 Å². The fraction of sp³-hybridized carbons (Fsp3) is 0.150. The van der Waals surface area contributed by atoms with Gasteiger partial charge < -0.3 is 19.3 Å². The first-order valence-electron chi connectivity index (χ1n) is 32.4. The molecule has 6 heteroatoms. The lowest BCUT2D eigenvalue weighted by atomic mass is 9.36. The molecule has 11 aromatic carbocycles. The van der Waals surface area contributed by atoms with Crippen molar-refractivity contribution < 1.29 is 6.85 Å². The molecule has 0 unspecified atom stereocenters. The topological polar surface area (TPSA) is 14.7 Å². The molecular weight excluding hydrogens is 1060 g/mol. The van der Waals surface area contributed by atoms with Crippen LogP contribution < -0.4 is 30.4 Å². The number of fused-ring (bicyclic) bond motifs is 9. The summed E-state index contributed by atoms with van der Waals surface area (Å²) in [4.78, 5) is 7.22. The summed E-state index contributed by atoms with van der Waals surface area (Å²) in [6.07, 6.45) is 0. The number of rotatable bonds is 8. The molecule has 0 atom stereocenters. The van der Waals surface area contributed by atoms with Gasteiger partial charge in [0.2, 0.25) is 0 Å². The number of hydrogen-bond donors (Lipinski definition) is 0. The van der Waals surface area contributed by atoms with Crippen molar-refractivity contribution in [2.24, 2.45) is 0 Å². The second-order valence-electron chi connectivity index (χ2n) is 26.3. The minimum Gasteiger partial charge on any atom is -0.311 e. The summed E-state index contributed by atoms with van der Waals surface area (Å²) in [6, 6.07) is 79.8. The van der Waals surface area contributed by atoms with Gasteiger partial charge in [-0.1, -0.05) is 214 Å². The zero-order chi connectivity index (χ0) is 63.2. The van der Waals surface area contributed by atoms with Gasteiger partial charge in [-0.25, -0.2) is 0 Å². The summed E-state index contributed by atoms with van der Waals surface area (Å²) >= 11 is 1.84. The van der Waals surface area contributed by atoms with Gasteiger partial charge in [-0.15, -0.1) is 11.3 Å². The van der Waals surface area contributed by atoms with Crippen LogP contribution in [0.4, 0.5) is 51.2 Å². The van der Waals surface area contributed by atoms with Gasteiger partial charge in [0.1, 0.15) is 0 Å². The molecule has 13 aromatic rings. The average Bonchev–Trinajstić information content (AvgIpc) is 1.68. The molecule has 4 nitrogen and oxygen atoms in total. The molecule has 0 bridgehead atoms. The highest BCUT2D eigenvalue weighted by Gasteiger charge is 2.46. The van der Waals surface area contributed by atoms with E-state index in [-0.39, 0.29) is 52.7 Å². The van der Waals surface area contributed by atoms with E-state index in [1.54, 1.807) is 0 Å². The smallest absolute Gasteiger partial charge is 0.264 e. The Morgan fingerprint density at radius 1 is 0.419 bits per heavy atom. The first kappa shape index (κ1) is 47.9. The van der Waals surface area contributed by atoms with Gasteiger partial charge in [0.05, 0.1) is 29.3 Å². The normalized spacial score (nSPS) is 13.9. The molecule has 418 valence electrons. The van der Waals surface area contributed by atoms with Crippen molar-refractivity contribution in [1.82, 2.24) is 4.57 Å². The fourth-order valence-electron chi connectivity index (χ4n) is 13.3. The van der Waals surface area contributed by atoms with Gasteiger partial charge in [-0.2, -0.15) is 0 Å². The molecule has 0 fully saturated rings. The molecule has 0 saturated heterocycles. The fourth-order valence-corrected chi connectivity index (χ4v) is 14.6. The number of thiophene rings is 1. The van der Waals surface area contributed by atoms with Crippen molar-refractivity contribution in [2.45, 2.75) is 78.6 Å². The van der Waals surface area contributed by atoms with Crippen LogP contribution in [0.3, 0.4) is 0 Å². The zero-order valence-corrected chi connectivity index (χ0v) is 51.0. The Labute approximate surface area is 518 Å². The Kier molecular flexibility index (Phi) is 11.2. The molecule has 2 aliphatic rings. The number of aromatic nitrogens is 1. The van der Waals surface area contributed by atoms with E-state index < -0.39 is 6.04 Å². The van der Waals surface area contributed by atoms with Crippen LogP contribution in [0.5, 0.6) is 0 Å². The third kappa shape index (κ3) is 8.87. The van der Waals surface area contributed by atoms with Crippen molar-refractivity contribution in [1.29, 1.82) is 0 Å². The number of nitrogens with zero attached hydrogens (tertiary/aromatic N) is 4. The van der Waals surface area contributed by atoms with Crippen molar-refractivity contribution in [3.8, 4) is 27.9 Å². The SMILES string of the molecule is [2H]c1c([2H])c([2H])c(-c2cc3c4c(c2)N(c2ccc5c(c2)c2ccccc2n5-c2ccccc2)c2c(sc5ccc(C(C)(C)C)cc25)B4c2ccc(N(c4ccc(C(C)(C)C)cc4)c4ccccc4-c4ccccc4)cc2N3c2ccc(C(C)(C)C)cc2)c([2H])c1[2H]. The quantitative estimate of drug-likeness (QED) is 0.141. The van der Waals surface area contributed by atoms with Crippen molar-refractivity contribution in [2.75, 3.05) is 14.7 Å². The van der Waals surface area contributed by atoms with E-state index in [4.69, 9.17) is 1.37 Å². The maximum atomic E-state index is 9.70. The van der Waals surface area contributed by atoms with Crippen LogP contribution >= 0.6 is 11.3 Å². The van der Waals surface area contributed by atoms with Gasteiger partial charge >= 0.3 is 0 Å². The Morgan fingerprint density at radius 2 is 1.01 bits per heavy atom. The highest BCUT2D eigenvalue weighted by molar-refractivity contribution is 7.33. The largest absolute Gasteiger partial charge is 0.311 e. The number of hydrogen-bond acceptors (Lipinski definition) is 4. The maximum absolute atomic E-state index is 9.70. The van der Waals surface area contributed by atoms with Gasteiger partial charge in [-0.05, 0) is 164 Å². The van der Waals surface area contributed by atoms with Crippen LogP contribution in [-0.4, -0.2) is 11.3 Å². The van der Waals surface area contributed by atoms with Gasteiger partial charge in [0.25, 0.3) is 6.71 Å². The third-order valence-corrected chi connectivity index (χ3v) is 18.9. The van der Waals surface area contributed by atoms with Crippen LogP contribution in [-0.2, 0) is 16.2 Å². The van der Waals surface area contributed by atoms with Crippen LogP contribution in [0.15, 0.2) is 255 Å². The van der Waals surface area contributed by atoms with E-state index >= 15 is 0 Å². The first-order valence-corrected chi connectivity index (χ1v) is 30.8. The van der Waals surface area contributed by atoms with E-state index in [1.165, 1.54) is 21.5 Å². The average molecular weight is 1130 g/mol. The van der Waals surface area contributed by atoms with E-state index in [9.17, 15) is 5.48 Å². The number of benzene rings is 11. The van der Waals surface area contributed by atoms with E-state index in [0.29, 0.717) is 5.56 Å². The van der Waals surface area contributed by atoms with Crippen LogP contribution in [0.2, 0.25) is 0 Å². The summed E-state index contributed by atoms with van der Waals surface area (Å²) < 4.78 is 51.3. The summed E-state index contributed by atoms with van der Waals surface area (Å²) in [6.45, 7) is 20.0. The predicted octanol–water partition coefficient (Wildman–Crippen LogP) is 20.8. The molecule has 0 saturated carbocycles. The Hall–Kier alpha value is -9.36. The highest BCUT2D eigenvalue weighted by atomic mass is 32.1. The maximum Gasteiger partial charge on any atom is 0.264 e. The minimum atomic E-state index is -0.430. The first-order chi connectivity index (χ1) is 43.6. The molecule has 2 aliphatic heterocycles. The van der Waals surface area contributed by atoms with Crippen molar-refractivity contribution >= 4 is 117 Å².